The lowest BCUT2D eigenvalue weighted by Crippen LogP contribution is -2.60. The zero-order chi connectivity index (χ0) is 54.6. The standard InChI is InChI=1S/C75H64BN5O/c1-49-36-50(2)73(51(3)37-49)56-43-60(79-48-80(69-27-13-12-26-68(69)79)74-63(54-18-6-4-7-19-54)23-16-24-64(74)55-20-8-5-9-21-55)46-62(44-56)82-61-29-30-66-65-22-10-11-25-67(65)81(70(66)47-61)72-45-57(31-33-77-72)75(58-39-52-38-53(41-58)42-59(75)40-52)71-28-17-35-78-34-15-14-32-76(71)78/h4-37,43-47,52-53,58-59H,38-42,48H2,1-3H3. The molecule has 398 valence electrons. The van der Waals surface area contributed by atoms with Crippen molar-refractivity contribution >= 4 is 51.4 Å². The fourth-order valence-corrected chi connectivity index (χ4v) is 16.6. The van der Waals surface area contributed by atoms with Gasteiger partial charge in [0.1, 0.15) is 24.0 Å². The van der Waals surface area contributed by atoms with E-state index in [0.29, 0.717) is 18.5 Å². The Balaban J connectivity index is 0.827. The highest BCUT2D eigenvalue weighted by Crippen LogP contribution is 2.66. The third-order valence-electron chi connectivity index (χ3n) is 19.5. The molecule has 0 unspecified atom stereocenters. The van der Waals surface area contributed by atoms with E-state index in [9.17, 15) is 0 Å². The van der Waals surface area contributed by atoms with Crippen LogP contribution in [0.15, 0.2) is 242 Å². The number of allylic oxidation sites excluding steroid dienone is 5. The van der Waals surface area contributed by atoms with Crippen LogP contribution in [0, 0.1) is 44.4 Å². The number of nitrogens with zero attached hydrogens (tertiary/aromatic N) is 5. The minimum Gasteiger partial charge on any atom is -0.457 e. The molecule has 4 fully saturated rings. The van der Waals surface area contributed by atoms with Crippen molar-refractivity contribution in [1.29, 1.82) is 0 Å². The van der Waals surface area contributed by atoms with Crippen molar-refractivity contribution in [2.75, 3.05) is 16.5 Å². The second-order valence-corrected chi connectivity index (χ2v) is 24.2. The summed E-state index contributed by atoms with van der Waals surface area (Å²) >= 11 is 0. The lowest BCUT2D eigenvalue weighted by Gasteiger charge is -2.63. The van der Waals surface area contributed by atoms with Crippen LogP contribution < -0.4 is 14.5 Å². The molecular formula is C75H64BN5O. The second kappa shape index (κ2) is 19.3. The first-order chi connectivity index (χ1) is 40.3. The highest BCUT2D eigenvalue weighted by atomic mass is 16.5. The molecule has 4 saturated carbocycles. The average Bonchev–Trinajstić information content (AvgIpc) is 2.23. The van der Waals surface area contributed by atoms with Crippen LogP contribution in [0.5, 0.6) is 11.5 Å². The van der Waals surface area contributed by atoms with E-state index in [0.717, 1.165) is 62.8 Å². The van der Waals surface area contributed by atoms with Crippen LogP contribution in [0.2, 0.25) is 0 Å². The maximum absolute atomic E-state index is 7.32. The molecule has 7 aliphatic rings. The lowest BCUT2D eigenvalue weighted by atomic mass is 9.33. The summed E-state index contributed by atoms with van der Waals surface area (Å²) in [5.41, 5.74) is 20.5. The molecular weight excluding hydrogens is 998 g/mol. The van der Waals surface area contributed by atoms with Crippen LogP contribution in [0.4, 0.5) is 22.7 Å². The number of aromatic nitrogens is 2. The maximum Gasteiger partial charge on any atom is 0.316 e. The van der Waals surface area contributed by atoms with E-state index in [1.807, 2.05) is 0 Å². The average molecular weight is 1060 g/mol. The van der Waals surface area contributed by atoms with Crippen LogP contribution in [0.1, 0.15) is 54.4 Å². The molecule has 3 aliphatic heterocycles. The quantitative estimate of drug-likeness (QED) is 0.128. The first-order valence-electron chi connectivity index (χ1n) is 29.6. The summed E-state index contributed by atoms with van der Waals surface area (Å²) in [5, 5.41) is 2.38. The molecule has 8 aromatic carbocycles. The van der Waals surface area contributed by atoms with Crippen LogP contribution in [-0.4, -0.2) is 27.9 Å². The van der Waals surface area contributed by atoms with E-state index in [-0.39, 0.29) is 12.3 Å². The number of hydrogen-bond acceptors (Lipinski definition) is 5. The first kappa shape index (κ1) is 48.8. The van der Waals surface area contributed by atoms with Gasteiger partial charge >= 0.3 is 6.85 Å². The number of hydrogen-bond donors (Lipinski definition) is 0. The molecule has 17 rings (SSSR count). The van der Waals surface area contributed by atoms with E-state index in [1.165, 1.54) is 98.6 Å². The van der Waals surface area contributed by atoms with E-state index in [2.05, 4.69) is 277 Å². The minimum atomic E-state index is -0.0828. The number of ether oxygens (including phenoxy) is 1. The molecule has 0 saturated heterocycles. The Labute approximate surface area is 481 Å². The number of benzene rings is 8. The predicted molar refractivity (Wildman–Crippen MR) is 339 cm³/mol. The van der Waals surface area contributed by atoms with Crippen LogP contribution in [-0.2, 0) is 5.41 Å². The number of aryl methyl sites for hydroxylation is 3. The number of rotatable bonds is 10. The Morgan fingerprint density at radius 3 is 1.93 bits per heavy atom. The van der Waals surface area contributed by atoms with Gasteiger partial charge in [-0.05, 0) is 195 Å². The van der Waals surface area contributed by atoms with Gasteiger partial charge in [-0.1, -0.05) is 150 Å². The summed E-state index contributed by atoms with van der Waals surface area (Å²) in [7, 11) is 0. The molecule has 0 spiro atoms. The highest BCUT2D eigenvalue weighted by molar-refractivity contribution is 6.70. The fraction of sp³-hybridized carbons (Fsp3) is 0.187. The monoisotopic (exact) mass is 1060 g/mol. The molecule has 0 amide bonds. The van der Waals surface area contributed by atoms with Crippen molar-refractivity contribution in [2.45, 2.75) is 58.3 Å². The Hall–Kier alpha value is -9.07. The van der Waals surface area contributed by atoms with Gasteiger partial charge in [-0.2, -0.15) is 0 Å². The van der Waals surface area contributed by atoms with Gasteiger partial charge in [-0.3, -0.25) is 4.57 Å². The van der Waals surface area contributed by atoms with Crippen LogP contribution >= 0.6 is 0 Å². The SMILES string of the molecule is Cc1cc(C)c(-c2cc(Oc3ccc4c5ccccc5n(-c5cc(C6(C7=CC=CN8C=CC=CB78)C7CC8CC(C7)CC6C8)ccn5)c4c3)cc(N3CN(c4c(-c5ccccc5)cccc4-c4ccccc4)c4ccccc43)c2)c(C)c1. The van der Waals surface area contributed by atoms with Gasteiger partial charge in [0, 0.05) is 51.3 Å². The molecule has 10 aromatic rings. The first-order valence-corrected chi connectivity index (χ1v) is 29.6. The molecule has 4 bridgehead atoms. The normalized spacial score (nSPS) is 21.2. The maximum atomic E-state index is 7.32. The second-order valence-electron chi connectivity index (χ2n) is 24.2. The van der Waals surface area contributed by atoms with E-state index >= 15 is 0 Å². The highest BCUT2D eigenvalue weighted by Gasteiger charge is 2.61. The molecule has 4 aliphatic carbocycles. The largest absolute Gasteiger partial charge is 0.457 e. The molecule has 0 N–H and O–H groups in total. The minimum absolute atomic E-state index is 0.0828. The number of fused-ring (bicyclic) bond motifs is 5. The topological polar surface area (TPSA) is 36.8 Å². The third-order valence-corrected chi connectivity index (χ3v) is 19.5. The molecule has 5 heterocycles. The smallest absolute Gasteiger partial charge is 0.316 e. The molecule has 0 radical (unpaired) electrons. The Bertz CT molecular complexity index is 4210. The van der Waals surface area contributed by atoms with Gasteiger partial charge < -0.3 is 19.3 Å². The van der Waals surface area contributed by atoms with Gasteiger partial charge in [0.15, 0.2) is 0 Å². The van der Waals surface area contributed by atoms with Gasteiger partial charge in [-0.25, -0.2) is 4.98 Å². The zero-order valence-corrected chi connectivity index (χ0v) is 46.8. The van der Waals surface area contributed by atoms with Crippen LogP contribution in [0.3, 0.4) is 0 Å². The summed E-state index contributed by atoms with van der Waals surface area (Å²) in [5.74, 6) is 7.79. The van der Waals surface area contributed by atoms with E-state index in [4.69, 9.17) is 9.72 Å². The summed E-state index contributed by atoms with van der Waals surface area (Å²) in [4.78, 5) is 12.7. The van der Waals surface area contributed by atoms with Gasteiger partial charge in [-0.15, -0.1) is 0 Å². The Morgan fingerprint density at radius 1 is 0.537 bits per heavy atom. The van der Waals surface area contributed by atoms with Gasteiger partial charge in [0.05, 0.1) is 28.1 Å². The van der Waals surface area contributed by atoms with Crippen molar-refractivity contribution in [1.82, 2.24) is 14.4 Å². The Kier molecular flexibility index (Phi) is 11.5. The summed E-state index contributed by atoms with van der Waals surface area (Å²) in [6.45, 7) is 7.47. The Morgan fingerprint density at radius 2 is 1.20 bits per heavy atom. The number of para-hydroxylation sites is 4. The van der Waals surface area contributed by atoms with Crippen molar-refractivity contribution < 1.29 is 4.74 Å². The lowest BCUT2D eigenvalue weighted by molar-refractivity contribution is -0.0411. The molecule has 6 nitrogen and oxygen atoms in total. The van der Waals surface area contributed by atoms with Crippen molar-refractivity contribution in [3.8, 4) is 50.7 Å². The fourth-order valence-electron chi connectivity index (χ4n) is 16.6. The molecule has 2 aromatic heterocycles. The van der Waals surface area contributed by atoms with Gasteiger partial charge in [0.2, 0.25) is 0 Å². The third kappa shape index (κ3) is 7.80. The summed E-state index contributed by atoms with van der Waals surface area (Å²) < 4.78 is 9.72. The van der Waals surface area contributed by atoms with E-state index < -0.39 is 0 Å². The molecule has 7 heteroatoms. The molecule has 0 atom stereocenters. The van der Waals surface area contributed by atoms with Crippen LogP contribution in [0.25, 0.3) is 61.0 Å². The van der Waals surface area contributed by atoms with E-state index in [1.54, 1.807) is 5.47 Å². The van der Waals surface area contributed by atoms with Gasteiger partial charge in [0.25, 0.3) is 0 Å². The molecule has 82 heavy (non-hydrogen) atoms. The van der Waals surface area contributed by atoms with Crippen molar-refractivity contribution in [3.05, 3.63) is 265 Å². The predicted octanol–water partition coefficient (Wildman–Crippen LogP) is 18.7. The summed E-state index contributed by atoms with van der Waals surface area (Å²) in [6.07, 6.45) is 22.5. The zero-order valence-electron chi connectivity index (χ0n) is 46.8. The summed E-state index contributed by atoms with van der Waals surface area (Å²) in [6, 6.07) is 69.1. The number of pyridine rings is 1. The van der Waals surface area contributed by atoms with Crippen molar-refractivity contribution in [3.63, 3.8) is 0 Å². The number of anilines is 4. The van der Waals surface area contributed by atoms with Crippen molar-refractivity contribution in [2.24, 2.45) is 23.7 Å².